The fourth-order valence-corrected chi connectivity index (χ4v) is 1.64. The minimum atomic E-state index is -1.35. The van der Waals surface area contributed by atoms with E-state index >= 15 is 0 Å². The van der Waals surface area contributed by atoms with Crippen molar-refractivity contribution in [3.63, 3.8) is 0 Å². The molecule has 1 aromatic rings. The maximum Gasteiger partial charge on any atom is 0.335 e. The summed E-state index contributed by atoms with van der Waals surface area (Å²) in [5, 5.41) is 20.5. The molecule has 0 aromatic heterocycles. The lowest BCUT2D eigenvalue weighted by molar-refractivity contribution is -0.131. The van der Waals surface area contributed by atoms with Gasteiger partial charge in [-0.25, -0.2) is 4.79 Å². The molecule has 20 heavy (non-hydrogen) atoms. The Morgan fingerprint density at radius 2 is 1.90 bits per heavy atom. The number of carboxylic acids is 1. The summed E-state index contributed by atoms with van der Waals surface area (Å²) in [6, 6.07) is 4.29. The van der Waals surface area contributed by atoms with Crippen LogP contribution in [0.1, 0.15) is 10.4 Å². The normalized spacial score (nSPS) is 16.1. The van der Waals surface area contributed by atoms with Crippen LogP contribution in [0.5, 0.6) is 0 Å². The Kier molecular flexibility index (Phi) is 3.80. The highest BCUT2D eigenvalue weighted by Crippen LogP contribution is 2.15. The third kappa shape index (κ3) is 3.01. The molecule has 1 aliphatic heterocycles. The van der Waals surface area contributed by atoms with E-state index in [4.69, 9.17) is 5.11 Å². The van der Waals surface area contributed by atoms with Gasteiger partial charge in [0.2, 0.25) is 6.04 Å². The Hall–Kier alpha value is -2.68. The maximum atomic E-state index is 11.5. The van der Waals surface area contributed by atoms with Crippen LogP contribution in [0.4, 0.5) is 5.69 Å². The van der Waals surface area contributed by atoms with Crippen molar-refractivity contribution in [2.75, 3.05) is 0 Å². The van der Waals surface area contributed by atoms with Crippen molar-refractivity contribution in [1.29, 1.82) is 0 Å². The first-order valence-electron chi connectivity index (χ1n) is 5.37. The average Bonchev–Trinajstić information content (AvgIpc) is 2.37. The number of azo groups is 1. The molecule has 1 heterocycles. The Balaban J connectivity index is 2.18. The van der Waals surface area contributed by atoms with Gasteiger partial charge in [-0.15, -0.1) is 0 Å². The number of nitrogens with one attached hydrogen (secondary N) is 2. The van der Waals surface area contributed by atoms with E-state index in [1.807, 2.05) is 0 Å². The predicted molar refractivity (Wildman–Crippen MR) is 70.6 cm³/mol. The maximum absolute atomic E-state index is 11.5. The number of aromatic carboxylic acids is 1. The number of benzene rings is 1. The summed E-state index contributed by atoms with van der Waals surface area (Å²) < 4.78 is 0. The fraction of sp³-hybridized carbons (Fsp3) is 0.0909. The summed E-state index contributed by atoms with van der Waals surface area (Å²) in [6.45, 7) is 0. The molecule has 1 aromatic carbocycles. The van der Waals surface area contributed by atoms with Crippen LogP contribution in [0.2, 0.25) is 0 Å². The van der Waals surface area contributed by atoms with Gasteiger partial charge in [0, 0.05) is 0 Å². The second-order valence-corrected chi connectivity index (χ2v) is 4.19. The molecular formula is C11H8N4O4S. The molecule has 0 bridgehead atoms. The van der Waals surface area contributed by atoms with Gasteiger partial charge in [0.1, 0.15) is 0 Å². The molecule has 1 fully saturated rings. The van der Waals surface area contributed by atoms with E-state index in [9.17, 15) is 14.4 Å². The van der Waals surface area contributed by atoms with Crippen molar-refractivity contribution in [2.24, 2.45) is 10.2 Å². The van der Waals surface area contributed by atoms with Crippen LogP contribution in [0, 0.1) is 0 Å². The Bertz CT molecular complexity index is 623. The Labute approximate surface area is 117 Å². The van der Waals surface area contributed by atoms with Crippen LogP contribution in [0.25, 0.3) is 0 Å². The van der Waals surface area contributed by atoms with Gasteiger partial charge in [-0.2, -0.15) is 10.2 Å². The standard InChI is InChI=1S/C11H8N4O4S/c16-8-7(9(17)13-11(20)12-8)15-14-6-3-1-2-5(4-6)10(18)19/h1-4,7H,(H,18,19)(H2,12,13,16,17,20). The van der Waals surface area contributed by atoms with Crippen LogP contribution < -0.4 is 10.6 Å². The zero-order valence-corrected chi connectivity index (χ0v) is 10.7. The molecule has 2 rings (SSSR count). The van der Waals surface area contributed by atoms with Crippen molar-refractivity contribution < 1.29 is 19.5 Å². The minimum absolute atomic E-state index is 0.0279. The average molecular weight is 292 g/mol. The third-order valence-corrected chi connectivity index (χ3v) is 2.56. The largest absolute Gasteiger partial charge is 0.478 e. The smallest absolute Gasteiger partial charge is 0.335 e. The molecule has 0 saturated carbocycles. The topological polar surface area (TPSA) is 120 Å². The molecule has 1 aliphatic rings. The third-order valence-electron chi connectivity index (χ3n) is 2.35. The van der Waals surface area contributed by atoms with E-state index in [0.29, 0.717) is 0 Å². The first-order chi connectivity index (χ1) is 9.47. The molecule has 0 spiro atoms. The van der Waals surface area contributed by atoms with Gasteiger partial charge in [0.15, 0.2) is 5.11 Å². The molecule has 3 N–H and O–H groups in total. The summed E-state index contributed by atoms with van der Waals surface area (Å²) >= 11 is 4.63. The van der Waals surface area contributed by atoms with Crippen LogP contribution in [-0.2, 0) is 9.59 Å². The first kappa shape index (κ1) is 13.7. The minimum Gasteiger partial charge on any atom is -0.478 e. The van der Waals surface area contributed by atoms with E-state index in [0.717, 1.165) is 0 Å². The van der Waals surface area contributed by atoms with Crippen LogP contribution >= 0.6 is 12.2 Å². The predicted octanol–water partition coefficient (Wildman–Crippen LogP) is 0.368. The van der Waals surface area contributed by atoms with Gasteiger partial charge >= 0.3 is 5.97 Å². The highest BCUT2D eigenvalue weighted by molar-refractivity contribution is 7.80. The zero-order chi connectivity index (χ0) is 14.7. The van der Waals surface area contributed by atoms with Gasteiger partial charge in [0.05, 0.1) is 11.3 Å². The van der Waals surface area contributed by atoms with Crippen molar-refractivity contribution in [2.45, 2.75) is 6.04 Å². The lowest BCUT2D eigenvalue weighted by Gasteiger charge is -2.18. The molecule has 8 nitrogen and oxygen atoms in total. The fourth-order valence-electron chi connectivity index (χ4n) is 1.44. The Morgan fingerprint density at radius 1 is 1.25 bits per heavy atom. The molecule has 0 atom stereocenters. The number of carbonyl (C=O) groups excluding carboxylic acids is 2. The van der Waals surface area contributed by atoms with Gasteiger partial charge in [-0.1, -0.05) is 6.07 Å². The lowest BCUT2D eigenvalue weighted by atomic mass is 10.2. The quantitative estimate of drug-likeness (QED) is 0.422. The summed E-state index contributed by atoms with van der Waals surface area (Å²) in [7, 11) is 0. The number of nitrogens with zero attached hydrogens (tertiary/aromatic N) is 2. The molecule has 0 aliphatic carbocycles. The number of carbonyl (C=O) groups is 3. The molecule has 1 saturated heterocycles. The second-order valence-electron chi connectivity index (χ2n) is 3.78. The van der Waals surface area contributed by atoms with E-state index in [1.165, 1.54) is 24.3 Å². The van der Waals surface area contributed by atoms with Crippen molar-refractivity contribution >= 4 is 40.8 Å². The lowest BCUT2D eigenvalue weighted by Crippen LogP contribution is -2.57. The van der Waals surface area contributed by atoms with Gasteiger partial charge in [-0.05, 0) is 30.4 Å². The summed E-state index contributed by atoms with van der Waals surface area (Å²) in [6.07, 6.45) is 0. The van der Waals surface area contributed by atoms with Gasteiger partial charge < -0.3 is 15.7 Å². The molecule has 9 heteroatoms. The van der Waals surface area contributed by atoms with E-state index in [1.54, 1.807) is 0 Å². The first-order valence-corrected chi connectivity index (χ1v) is 5.78. The van der Waals surface area contributed by atoms with Gasteiger partial charge in [0.25, 0.3) is 11.8 Å². The number of hydrogen-bond donors (Lipinski definition) is 3. The molecule has 0 radical (unpaired) electrons. The van der Waals surface area contributed by atoms with Crippen LogP contribution in [0.15, 0.2) is 34.5 Å². The highest BCUT2D eigenvalue weighted by Gasteiger charge is 2.32. The number of thiocarbonyl (C=S) groups is 1. The summed E-state index contributed by atoms with van der Waals surface area (Å²) in [4.78, 5) is 33.8. The zero-order valence-electron chi connectivity index (χ0n) is 9.86. The van der Waals surface area contributed by atoms with E-state index in [2.05, 4.69) is 33.1 Å². The monoisotopic (exact) mass is 292 g/mol. The second kappa shape index (κ2) is 5.53. The van der Waals surface area contributed by atoms with Gasteiger partial charge in [-0.3, -0.25) is 9.59 Å². The number of carboxylic acid groups (broad SMARTS) is 1. The highest BCUT2D eigenvalue weighted by atomic mass is 32.1. The van der Waals surface area contributed by atoms with Crippen molar-refractivity contribution in [3.8, 4) is 0 Å². The molecule has 2 amide bonds. The molecule has 0 unspecified atom stereocenters. The molecule has 102 valence electrons. The number of rotatable bonds is 3. The van der Waals surface area contributed by atoms with Crippen molar-refractivity contribution in [1.82, 2.24) is 10.6 Å². The summed E-state index contributed by atoms with van der Waals surface area (Å²) in [5.41, 5.74) is 0.249. The van der Waals surface area contributed by atoms with Crippen LogP contribution in [0.3, 0.4) is 0 Å². The SMILES string of the molecule is O=C(O)c1cccc(N=NC2C(=O)NC(=S)NC2=O)c1. The van der Waals surface area contributed by atoms with E-state index in [-0.39, 0.29) is 16.4 Å². The molecular weight excluding hydrogens is 284 g/mol. The van der Waals surface area contributed by atoms with E-state index < -0.39 is 23.8 Å². The summed E-state index contributed by atoms with van der Waals surface area (Å²) in [5.74, 6) is -2.48. The van der Waals surface area contributed by atoms with Crippen molar-refractivity contribution in [3.05, 3.63) is 29.8 Å². The Morgan fingerprint density at radius 3 is 2.50 bits per heavy atom. The number of amides is 2. The number of hydrogen-bond acceptors (Lipinski definition) is 6. The van der Waals surface area contributed by atoms with Crippen LogP contribution in [-0.4, -0.2) is 34.0 Å².